The Hall–Kier alpha value is -5.27. The predicted octanol–water partition coefficient (Wildman–Crippen LogP) is 11.8. The first-order valence-electron chi connectivity index (χ1n) is 16.7. The molecule has 0 saturated carbocycles. The molecule has 230 valence electrons. The molecular formula is C46H41N. The fourth-order valence-electron chi connectivity index (χ4n) is 6.97. The van der Waals surface area contributed by atoms with Crippen molar-refractivity contribution in [3.8, 4) is 33.4 Å². The molecule has 1 heterocycles. The fraction of sp³-hybridized carbons (Fsp3) is 0.152. The Balaban J connectivity index is 0.000000151. The Morgan fingerprint density at radius 1 is 0.532 bits per heavy atom. The number of nitrogens with zero attached hydrogens (tertiary/aromatic N) is 1. The van der Waals surface area contributed by atoms with Crippen LogP contribution in [0.25, 0.3) is 33.4 Å². The molecule has 1 unspecified atom stereocenters. The summed E-state index contributed by atoms with van der Waals surface area (Å²) in [5.74, 6) is 0. The van der Waals surface area contributed by atoms with Crippen LogP contribution in [0.4, 0.5) is 0 Å². The third-order valence-electron chi connectivity index (χ3n) is 9.75. The van der Waals surface area contributed by atoms with Gasteiger partial charge in [-0.05, 0) is 125 Å². The second kappa shape index (κ2) is 13.2. The van der Waals surface area contributed by atoms with Gasteiger partial charge in [-0.15, -0.1) is 0 Å². The van der Waals surface area contributed by atoms with Crippen molar-refractivity contribution in [3.05, 3.63) is 190 Å². The maximum Gasteiger partial charge on any atom is 0.0933 e. The first kappa shape index (κ1) is 30.4. The minimum absolute atomic E-state index is 0.255. The average Bonchev–Trinajstić information content (AvgIpc) is 3.85. The van der Waals surface area contributed by atoms with Gasteiger partial charge in [0.15, 0.2) is 0 Å². The van der Waals surface area contributed by atoms with Gasteiger partial charge in [0.2, 0.25) is 0 Å². The number of aryl methyl sites for hydroxylation is 3. The summed E-state index contributed by atoms with van der Waals surface area (Å²) in [5.41, 5.74) is 21.0. The molecule has 0 bridgehead atoms. The first-order valence-corrected chi connectivity index (χ1v) is 16.7. The zero-order valence-corrected chi connectivity index (χ0v) is 27.8. The van der Waals surface area contributed by atoms with E-state index >= 15 is 0 Å². The fourth-order valence-corrected chi connectivity index (χ4v) is 6.97. The number of allylic oxidation sites excluding steroid dienone is 1. The molecule has 0 saturated heterocycles. The quantitative estimate of drug-likeness (QED) is 0.185. The summed E-state index contributed by atoms with van der Waals surface area (Å²) in [6.45, 7) is 8.66. The molecule has 6 aromatic rings. The maximum absolute atomic E-state index is 4.30. The summed E-state index contributed by atoms with van der Waals surface area (Å²) >= 11 is 0. The molecule has 1 heteroatoms. The van der Waals surface area contributed by atoms with E-state index in [2.05, 4.69) is 148 Å². The number of rotatable bonds is 2. The zero-order valence-electron chi connectivity index (χ0n) is 27.8. The molecule has 1 nitrogen and oxygen atoms in total. The van der Waals surface area contributed by atoms with E-state index in [9.17, 15) is 0 Å². The van der Waals surface area contributed by atoms with Crippen LogP contribution in [0.1, 0.15) is 56.1 Å². The van der Waals surface area contributed by atoms with Crippen LogP contribution in [-0.2, 0) is 12.8 Å². The number of aliphatic imine (C=N–C) groups is 1. The highest BCUT2D eigenvalue weighted by Crippen LogP contribution is 2.45. The first-order chi connectivity index (χ1) is 23.0. The Morgan fingerprint density at radius 2 is 1.23 bits per heavy atom. The standard InChI is InChI=1S/C28H22.C11H11N.C7H8/c1-17-10-13-25-26(18(17)2)15-21-12-11-20(16-27(21)25)24-9-5-7-22-14-19-6-3-4-8-23(19)28(22)24;1-9-4-6-10(7-5-9)11-3-2-8-12-11;1-7-5-3-2-4-6-7/h3-13,16H,14-15H2,1-2H3;2-8,11H,1H3;2-6H,1H3. The lowest BCUT2D eigenvalue weighted by molar-refractivity contribution is 0.935. The molecule has 1 aliphatic heterocycles. The van der Waals surface area contributed by atoms with E-state index in [-0.39, 0.29) is 6.04 Å². The van der Waals surface area contributed by atoms with Gasteiger partial charge in [0.05, 0.1) is 6.04 Å². The summed E-state index contributed by atoms with van der Waals surface area (Å²) in [4.78, 5) is 4.30. The van der Waals surface area contributed by atoms with Crippen LogP contribution in [0, 0.1) is 27.7 Å². The number of benzene rings is 6. The Morgan fingerprint density at radius 3 is 1.98 bits per heavy atom. The minimum atomic E-state index is 0.255. The molecule has 0 spiro atoms. The van der Waals surface area contributed by atoms with Crippen molar-refractivity contribution < 1.29 is 0 Å². The summed E-state index contributed by atoms with van der Waals surface area (Å²) in [7, 11) is 0. The third kappa shape index (κ3) is 6.27. The highest BCUT2D eigenvalue weighted by molar-refractivity contribution is 5.92. The van der Waals surface area contributed by atoms with Crippen molar-refractivity contribution in [2.24, 2.45) is 4.99 Å². The second-order valence-electron chi connectivity index (χ2n) is 12.9. The molecule has 0 aromatic heterocycles. The van der Waals surface area contributed by atoms with Crippen LogP contribution < -0.4 is 0 Å². The van der Waals surface area contributed by atoms with Crippen LogP contribution >= 0.6 is 0 Å². The maximum atomic E-state index is 4.30. The van der Waals surface area contributed by atoms with Crippen LogP contribution in [-0.4, -0.2) is 6.21 Å². The molecule has 2 aliphatic carbocycles. The lowest BCUT2D eigenvalue weighted by Gasteiger charge is -2.12. The molecule has 3 aliphatic rings. The van der Waals surface area contributed by atoms with E-state index < -0.39 is 0 Å². The number of hydrogen-bond acceptors (Lipinski definition) is 1. The van der Waals surface area contributed by atoms with Crippen LogP contribution in [0.5, 0.6) is 0 Å². The van der Waals surface area contributed by atoms with E-state index in [1.165, 1.54) is 83.5 Å². The highest BCUT2D eigenvalue weighted by atomic mass is 14.8. The largest absolute Gasteiger partial charge is 0.281 e. The second-order valence-corrected chi connectivity index (χ2v) is 12.9. The van der Waals surface area contributed by atoms with Gasteiger partial charge in [-0.2, -0.15) is 0 Å². The molecule has 0 N–H and O–H groups in total. The van der Waals surface area contributed by atoms with Gasteiger partial charge in [-0.1, -0.05) is 139 Å². The van der Waals surface area contributed by atoms with Crippen LogP contribution in [0.15, 0.2) is 145 Å². The topological polar surface area (TPSA) is 12.4 Å². The SMILES string of the molecule is Cc1ccc(C2C=CC=N2)cc1.Cc1ccc2c(c1C)Cc1ccc(-c3cccc4c3-c3ccccc3C4)cc1-2.Cc1ccccc1. The van der Waals surface area contributed by atoms with Gasteiger partial charge in [-0.25, -0.2) is 0 Å². The summed E-state index contributed by atoms with van der Waals surface area (Å²) < 4.78 is 0. The average molecular weight is 608 g/mol. The number of fused-ring (bicyclic) bond motifs is 6. The van der Waals surface area contributed by atoms with Crippen LogP contribution in [0.3, 0.4) is 0 Å². The third-order valence-corrected chi connectivity index (χ3v) is 9.75. The summed E-state index contributed by atoms with van der Waals surface area (Å²) in [5, 5.41) is 0. The van der Waals surface area contributed by atoms with Crippen molar-refractivity contribution in [2.45, 2.75) is 46.6 Å². The van der Waals surface area contributed by atoms with E-state index in [1.54, 1.807) is 0 Å². The number of hydrogen-bond donors (Lipinski definition) is 0. The molecule has 47 heavy (non-hydrogen) atoms. The van der Waals surface area contributed by atoms with Crippen molar-refractivity contribution in [3.63, 3.8) is 0 Å². The van der Waals surface area contributed by atoms with E-state index in [4.69, 9.17) is 0 Å². The predicted molar refractivity (Wildman–Crippen MR) is 201 cm³/mol. The zero-order chi connectivity index (χ0) is 32.3. The lowest BCUT2D eigenvalue weighted by Crippen LogP contribution is -1.89. The summed E-state index contributed by atoms with van der Waals surface area (Å²) in [6.07, 6.45) is 8.06. The Labute approximate surface area is 280 Å². The molecule has 6 aromatic carbocycles. The van der Waals surface area contributed by atoms with E-state index in [0.717, 1.165) is 12.8 Å². The Bertz CT molecular complexity index is 2100. The van der Waals surface area contributed by atoms with Crippen molar-refractivity contribution in [1.82, 2.24) is 0 Å². The van der Waals surface area contributed by atoms with Gasteiger partial charge in [-0.3, -0.25) is 4.99 Å². The monoisotopic (exact) mass is 607 g/mol. The van der Waals surface area contributed by atoms with Crippen molar-refractivity contribution in [1.29, 1.82) is 0 Å². The molecular weight excluding hydrogens is 567 g/mol. The van der Waals surface area contributed by atoms with Gasteiger partial charge in [0, 0.05) is 6.21 Å². The molecule has 0 fully saturated rings. The van der Waals surface area contributed by atoms with Gasteiger partial charge < -0.3 is 0 Å². The normalized spacial score (nSPS) is 14.3. The molecule has 0 radical (unpaired) electrons. The summed E-state index contributed by atoms with van der Waals surface area (Å²) in [6, 6.07) is 46.4. The van der Waals surface area contributed by atoms with Crippen molar-refractivity contribution in [2.75, 3.05) is 0 Å². The highest BCUT2D eigenvalue weighted by Gasteiger charge is 2.24. The van der Waals surface area contributed by atoms with E-state index in [1.807, 2.05) is 30.5 Å². The minimum Gasteiger partial charge on any atom is -0.281 e. The molecule has 9 rings (SSSR count). The van der Waals surface area contributed by atoms with Crippen LogP contribution in [0.2, 0.25) is 0 Å². The van der Waals surface area contributed by atoms with Gasteiger partial charge in [0.1, 0.15) is 0 Å². The molecule has 1 atom stereocenters. The van der Waals surface area contributed by atoms with Crippen molar-refractivity contribution >= 4 is 6.21 Å². The Kier molecular flexibility index (Phi) is 8.55. The van der Waals surface area contributed by atoms with E-state index in [0.29, 0.717) is 0 Å². The van der Waals surface area contributed by atoms with Gasteiger partial charge in [0.25, 0.3) is 0 Å². The molecule has 0 amide bonds. The lowest BCUT2D eigenvalue weighted by atomic mass is 9.92. The van der Waals surface area contributed by atoms with Gasteiger partial charge >= 0.3 is 0 Å². The smallest absolute Gasteiger partial charge is 0.0933 e.